The molecule has 0 radical (unpaired) electrons. The van der Waals surface area contributed by atoms with Gasteiger partial charge in [0.05, 0.1) is 16.1 Å². The van der Waals surface area contributed by atoms with Crippen molar-refractivity contribution in [3.05, 3.63) is 50.5 Å². The number of ether oxygens (including phenoxy) is 1. The molecule has 1 heterocycles. The normalized spacial score (nSPS) is 12.3. The Labute approximate surface area is 129 Å². The van der Waals surface area contributed by atoms with Crippen LogP contribution in [-0.2, 0) is 0 Å². The smallest absolute Gasteiger partial charge is 0.219 e. The molecule has 2 rings (SSSR count). The minimum Gasteiger partial charge on any atom is -0.437 e. The van der Waals surface area contributed by atoms with E-state index in [1.165, 1.54) is 0 Å². The monoisotopic (exact) mass is 361 g/mol. The Bertz CT molecular complexity index is 588. The fourth-order valence-electron chi connectivity index (χ4n) is 1.39. The summed E-state index contributed by atoms with van der Waals surface area (Å²) in [5, 5.41) is 10.3. The molecule has 0 aliphatic rings. The van der Waals surface area contributed by atoms with E-state index in [2.05, 4.69) is 20.9 Å². The van der Waals surface area contributed by atoms with E-state index in [1.807, 2.05) is 0 Å². The lowest BCUT2D eigenvalue weighted by molar-refractivity contribution is 0.198. The fraction of sp³-hybridized carbons (Fsp3) is 0.154. The molecular weight excluding hydrogens is 353 g/mol. The standard InChI is InChI=1S/C13H10BrCl2NO2/c1-7(18)8-2-3-13(17-6-8)19-12-5-10(15)9(14)4-11(12)16/h2-7,18H,1H3. The molecule has 0 aliphatic heterocycles. The lowest BCUT2D eigenvalue weighted by Crippen LogP contribution is -1.94. The summed E-state index contributed by atoms with van der Waals surface area (Å²) in [5.74, 6) is 0.803. The van der Waals surface area contributed by atoms with E-state index in [1.54, 1.807) is 37.4 Å². The number of aliphatic hydroxyl groups excluding tert-OH is 1. The van der Waals surface area contributed by atoms with Crippen LogP contribution in [0.2, 0.25) is 10.0 Å². The zero-order valence-corrected chi connectivity index (χ0v) is 13.0. The van der Waals surface area contributed by atoms with E-state index in [-0.39, 0.29) is 0 Å². The van der Waals surface area contributed by atoms with Crippen LogP contribution in [-0.4, -0.2) is 10.1 Å². The fourth-order valence-corrected chi connectivity index (χ4v) is 2.23. The number of rotatable bonds is 3. The molecule has 0 aliphatic carbocycles. The van der Waals surface area contributed by atoms with Crippen LogP contribution in [0.25, 0.3) is 0 Å². The summed E-state index contributed by atoms with van der Waals surface area (Å²) in [6.07, 6.45) is 0.987. The Balaban J connectivity index is 2.24. The summed E-state index contributed by atoms with van der Waals surface area (Å²) in [6.45, 7) is 1.67. The van der Waals surface area contributed by atoms with E-state index in [0.717, 1.165) is 0 Å². The first kappa shape index (κ1) is 14.6. The molecule has 0 amide bonds. The molecule has 0 saturated carbocycles. The maximum Gasteiger partial charge on any atom is 0.219 e. The minimum atomic E-state index is -0.563. The van der Waals surface area contributed by atoms with Gasteiger partial charge in [-0.2, -0.15) is 0 Å². The summed E-state index contributed by atoms with van der Waals surface area (Å²) < 4.78 is 6.25. The van der Waals surface area contributed by atoms with Crippen LogP contribution in [0.15, 0.2) is 34.9 Å². The summed E-state index contributed by atoms with van der Waals surface area (Å²) in [4.78, 5) is 4.09. The number of pyridine rings is 1. The third-order valence-electron chi connectivity index (χ3n) is 2.43. The van der Waals surface area contributed by atoms with Gasteiger partial charge in [-0.15, -0.1) is 0 Å². The largest absolute Gasteiger partial charge is 0.437 e. The van der Waals surface area contributed by atoms with Crippen molar-refractivity contribution in [3.63, 3.8) is 0 Å². The Hall–Kier alpha value is -0.810. The Morgan fingerprint density at radius 2 is 2.00 bits per heavy atom. The first-order valence-corrected chi connectivity index (χ1v) is 6.98. The van der Waals surface area contributed by atoms with Gasteiger partial charge in [-0.3, -0.25) is 0 Å². The van der Waals surface area contributed by atoms with Gasteiger partial charge < -0.3 is 9.84 Å². The van der Waals surface area contributed by atoms with E-state index in [9.17, 15) is 5.11 Å². The van der Waals surface area contributed by atoms with Crippen molar-refractivity contribution in [1.82, 2.24) is 4.98 Å². The highest BCUT2D eigenvalue weighted by Gasteiger charge is 2.09. The van der Waals surface area contributed by atoms with Crippen LogP contribution in [0, 0.1) is 0 Å². The molecule has 1 atom stereocenters. The molecule has 1 unspecified atom stereocenters. The highest BCUT2D eigenvalue weighted by atomic mass is 79.9. The average molecular weight is 363 g/mol. The molecule has 6 heteroatoms. The molecule has 1 aromatic heterocycles. The van der Waals surface area contributed by atoms with E-state index in [4.69, 9.17) is 27.9 Å². The predicted molar refractivity (Wildman–Crippen MR) is 79.1 cm³/mol. The molecule has 0 spiro atoms. The van der Waals surface area contributed by atoms with Crippen molar-refractivity contribution in [2.45, 2.75) is 13.0 Å². The van der Waals surface area contributed by atoms with Crippen LogP contribution in [0.3, 0.4) is 0 Å². The van der Waals surface area contributed by atoms with Gasteiger partial charge in [0.1, 0.15) is 5.75 Å². The van der Waals surface area contributed by atoms with E-state index >= 15 is 0 Å². The highest BCUT2D eigenvalue weighted by molar-refractivity contribution is 9.10. The second-order valence-electron chi connectivity index (χ2n) is 3.90. The number of hydrogen-bond acceptors (Lipinski definition) is 3. The maximum atomic E-state index is 9.39. The van der Waals surface area contributed by atoms with Crippen LogP contribution < -0.4 is 4.74 Å². The number of nitrogens with zero attached hydrogens (tertiary/aromatic N) is 1. The van der Waals surface area contributed by atoms with E-state index < -0.39 is 6.10 Å². The lowest BCUT2D eigenvalue weighted by atomic mass is 10.2. The molecule has 2 aromatic rings. The number of aromatic nitrogens is 1. The Morgan fingerprint density at radius 3 is 2.58 bits per heavy atom. The Kier molecular flexibility index (Phi) is 4.68. The molecule has 1 N–H and O–H groups in total. The highest BCUT2D eigenvalue weighted by Crippen LogP contribution is 2.36. The lowest BCUT2D eigenvalue weighted by Gasteiger charge is -2.09. The summed E-state index contributed by atoms with van der Waals surface area (Å²) in [5.41, 5.74) is 0.715. The van der Waals surface area contributed by atoms with Gasteiger partial charge in [0.2, 0.25) is 5.88 Å². The summed E-state index contributed by atoms with van der Waals surface area (Å²) >= 11 is 15.3. The molecule has 0 bridgehead atoms. The SMILES string of the molecule is CC(O)c1ccc(Oc2cc(Cl)c(Br)cc2Cl)nc1. The van der Waals surface area contributed by atoms with Crippen molar-refractivity contribution in [3.8, 4) is 11.6 Å². The van der Waals surface area contributed by atoms with Crippen molar-refractivity contribution < 1.29 is 9.84 Å². The topological polar surface area (TPSA) is 42.4 Å². The first-order valence-electron chi connectivity index (χ1n) is 5.44. The van der Waals surface area contributed by atoms with Crippen molar-refractivity contribution in [2.75, 3.05) is 0 Å². The maximum absolute atomic E-state index is 9.39. The first-order chi connectivity index (χ1) is 8.97. The number of halogens is 3. The third-order valence-corrected chi connectivity index (χ3v) is 3.92. The Morgan fingerprint density at radius 1 is 1.26 bits per heavy atom. The molecule has 1 aromatic carbocycles. The average Bonchev–Trinajstić information content (AvgIpc) is 2.36. The van der Waals surface area contributed by atoms with Crippen molar-refractivity contribution >= 4 is 39.1 Å². The molecule has 0 saturated heterocycles. The summed E-state index contributed by atoms with van der Waals surface area (Å²) in [7, 11) is 0. The molecule has 3 nitrogen and oxygen atoms in total. The van der Waals surface area contributed by atoms with Gasteiger partial charge in [0, 0.05) is 22.8 Å². The van der Waals surface area contributed by atoms with Gasteiger partial charge in [0.25, 0.3) is 0 Å². The van der Waals surface area contributed by atoms with Gasteiger partial charge >= 0.3 is 0 Å². The predicted octanol–water partition coefficient (Wildman–Crippen LogP) is 5.00. The molecule has 0 fully saturated rings. The number of hydrogen-bond donors (Lipinski definition) is 1. The van der Waals surface area contributed by atoms with Crippen LogP contribution in [0.1, 0.15) is 18.6 Å². The second-order valence-corrected chi connectivity index (χ2v) is 5.57. The second kappa shape index (κ2) is 6.09. The number of benzene rings is 1. The van der Waals surface area contributed by atoms with Crippen molar-refractivity contribution in [1.29, 1.82) is 0 Å². The minimum absolute atomic E-state index is 0.379. The van der Waals surface area contributed by atoms with Gasteiger partial charge in [-0.25, -0.2) is 4.98 Å². The molecular formula is C13H10BrCl2NO2. The van der Waals surface area contributed by atoms with E-state index in [0.29, 0.717) is 31.7 Å². The van der Waals surface area contributed by atoms with Gasteiger partial charge in [-0.1, -0.05) is 23.2 Å². The van der Waals surface area contributed by atoms with Crippen LogP contribution in [0.5, 0.6) is 11.6 Å². The van der Waals surface area contributed by atoms with Gasteiger partial charge in [0.15, 0.2) is 0 Å². The molecule has 100 valence electrons. The third kappa shape index (κ3) is 3.60. The zero-order valence-electron chi connectivity index (χ0n) is 9.90. The van der Waals surface area contributed by atoms with Crippen LogP contribution in [0.4, 0.5) is 0 Å². The molecule has 19 heavy (non-hydrogen) atoms. The van der Waals surface area contributed by atoms with Crippen LogP contribution >= 0.6 is 39.1 Å². The van der Waals surface area contributed by atoms with Gasteiger partial charge in [-0.05, 0) is 40.5 Å². The zero-order chi connectivity index (χ0) is 14.0. The number of aliphatic hydroxyl groups is 1. The van der Waals surface area contributed by atoms with Crippen molar-refractivity contribution in [2.24, 2.45) is 0 Å². The summed E-state index contributed by atoms with van der Waals surface area (Å²) in [6, 6.07) is 6.66. The quantitative estimate of drug-likeness (QED) is 0.781.